The second-order valence-corrected chi connectivity index (χ2v) is 4.85. The number of fused-ring (bicyclic) bond motifs is 1. The van der Waals surface area contributed by atoms with Gasteiger partial charge >= 0.3 is 0 Å². The Labute approximate surface area is 128 Å². The van der Waals surface area contributed by atoms with Crippen LogP contribution in [0.15, 0.2) is 47.1 Å². The molecule has 1 aliphatic rings. The number of para-hydroxylation sites is 2. The fraction of sp³-hybridized carbons (Fsp3) is 0.312. The lowest BCUT2D eigenvalue weighted by Gasteiger charge is -2.26. The van der Waals surface area contributed by atoms with E-state index in [1.54, 1.807) is 37.6 Å². The van der Waals surface area contributed by atoms with Crippen LogP contribution in [0.25, 0.3) is 0 Å². The van der Waals surface area contributed by atoms with Crippen molar-refractivity contribution in [3.05, 3.63) is 48.4 Å². The molecule has 3 rings (SSSR count). The summed E-state index contributed by atoms with van der Waals surface area (Å²) in [4.78, 5) is 12.2. The zero-order valence-electron chi connectivity index (χ0n) is 12.2. The molecule has 0 bridgehead atoms. The summed E-state index contributed by atoms with van der Waals surface area (Å²) < 4.78 is 21.8. The van der Waals surface area contributed by atoms with Crippen molar-refractivity contribution in [3.8, 4) is 11.5 Å². The van der Waals surface area contributed by atoms with E-state index in [-0.39, 0.29) is 18.6 Å². The van der Waals surface area contributed by atoms with Crippen LogP contribution in [0, 0.1) is 0 Å². The predicted octanol–water partition coefficient (Wildman–Crippen LogP) is 1.92. The zero-order chi connectivity index (χ0) is 15.4. The molecule has 1 N–H and O–H groups in total. The highest BCUT2D eigenvalue weighted by atomic mass is 16.6. The molecule has 116 valence electrons. The molecule has 1 amide bonds. The lowest BCUT2D eigenvalue weighted by atomic mass is 10.2. The van der Waals surface area contributed by atoms with Crippen molar-refractivity contribution < 1.29 is 23.4 Å². The minimum atomic E-state index is -0.677. The standard InChI is InChI=1S/C16H17NO5/c1-19-14(12-7-4-8-20-12)9-17-16(18)15-10-21-11-5-2-3-6-13(11)22-15/h2-8,14-15H,9-10H2,1H3,(H,17,18). The van der Waals surface area contributed by atoms with E-state index in [0.29, 0.717) is 23.8 Å². The Kier molecular flexibility index (Phi) is 4.29. The Morgan fingerprint density at radius 3 is 2.86 bits per heavy atom. The van der Waals surface area contributed by atoms with Gasteiger partial charge in [-0.1, -0.05) is 12.1 Å². The van der Waals surface area contributed by atoms with E-state index < -0.39 is 6.10 Å². The monoisotopic (exact) mass is 303 g/mol. The van der Waals surface area contributed by atoms with E-state index in [0.717, 1.165) is 0 Å². The SMILES string of the molecule is COC(CNC(=O)C1COc2ccccc2O1)c1ccco1. The van der Waals surface area contributed by atoms with Gasteiger partial charge in [0.05, 0.1) is 12.8 Å². The minimum Gasteiger partial charge on any atom is -0.485 e. The van der Waals surface area contributed by atoms with Crippen molar-refractivity contribution in [2.24, 2.45) is 0 Å². The number of nitrogens with one attached hydrogen (secondary N) is 1. The summed E-state index contributed by atoms with van der Waals surface area (Å²) in [5, 5.41) is 2.79. The molecule has 2 atom stereocenters. The van der Waals surface area contributed by atoms with Crippen LogP contribution in [0.5, 0.6) is 11.5 Å². The summed E-state index contributed by atoms with van der Waals surface area (Å²) >= 11 is 0. The first kappa shape index (κ1) is 14.5. The van der Waals surface area contributed by atoms with Gasteiger partial charge in [-0.05, 0) is 24.3 Å². The number of rotatable bonds is 5. The van der Waals surface area contributed by atoms with Crippen LogP contribution < -0.4 is 14.8 Å². The van der Waals surface area contributed by atoms with Crippen LogP contribution in [0.1, 0.15) is 11.9 Å². The van der Waals surface area contributed by atoms with E-state index in [2.05, 4.69) is 5.32 Å². The molecule has 2 aromatic rings. The number of amides is 1. The lowest BCUT2D eigenvalue weighted by molar-refractivity contribution is -0.131. The molecule has 0 radical (unpaired) electrons. The Hall–Kier alpha value is -2.47. The van der Waals surface area contributed by atoms with E-state index in [1.807, 2.05) is 12.1 Å². The lowest BCUT2D eigenvalue weighted by Crippen LogP contribution is -2.45. The molecule has 1 aromatic heterocycles. The average Bonchev–Trinajstić information content (AvgIpc) is 3.09. The van der Waals surface area contributed by atoms with Crippen LogP contribution in [0.2, 0.25) is 0 Å². The number of ether oxygens (including phenoxy) is 3. The summed E-state index contributed by atoms with van der Waals surface area (Å²) in [6.45, 7) is 0.478. The van der Waals surface area contributed by atoms with Gasteiger partial charge in [0.2, 0.25) is 6.10 Å². The van der Waals surface area contributed by atoms with Gasteiger partial charge in [-0.3, -0.25) is 4.79 Å². The number of benzene rings is 1. The van der Waals surface area contributed by atoms with Crippen LogP contribution in [-0.4, -0.2) is 32.3 Å². The maximum absolute atomic E-state index is 12.2. The molecule has 2 unspecified atom stereocenters. The molecule has 0 saturated carbocycles. The van der Waals surface area contributed by atoms with Gasteiger partial charge in [0.25, 0.3) is 5.91 Å². The molecule has 0 fully saturated rings. The fourth-order valence-electron chi connectivity index (χ4n) is 2.23. The summed E-state index contributed by atoms with van der Waals surface area (Å²) in [7, 11) is 1.57. The van der Waals surface area contributed by atoms with E-state index in [1.165, 1.54) is 0 Å². The van der Waals surface area contributed by atoms with Gasteiger partial charge < -0.3 is 23.9 Å². The molecule has 2 heterocycles. The number of furan rings is 1. The molecular weight excluding hydrogens is 286 g/mol. The van der Waals surface area contributed by atoms with Crippen LogP contribution in [-0.2, 0) is 9.53 Å². The highest BCUT2D eigenvalue weighted by Crippen LogP contribution is 2.30. The number of hydrogen-bond donors (Lipinski definition) is 1. The third-order valence-corrected chi connectivity index (χ3v) is 3.41. The molecule has 1 aromatic carbocycles. The van der Waals surface area contributed by atoms with Crippen molar-refractivity contribution in [1.82, 2.24) is 5.32 Å². The van der Waals surface area contributed by atoms with E-state index >= 15 is 0 Å². The molecular formula is C16H17NO5. The summed E-state index contributed by atoms with van der Waals surface area (Å²) in [6.07, 6.45) is 0.554. The average molecular weight is 303 g/mol. The van der Waals surface area contributed by atoms with Gasteiger partial charge in [0.15, 0.2) is 11.5 Å². The molecule has 22 heavy (non-hydrogen) atoms. The highest BCUT2D eigenvalue weighted by molar-refractivity contribution is 5.81. The second-order valence-electron chi connectivity index (χ2n) is 4.85. The van der Waals surface area contributed by atoms with Crippen molar-refractivity contribution in [2.75, 3.05) is 20.3 Å². The maximum Gasteiger partial charge on any atom is 0.264 e. The fourth-order valence-corrected chi connectivity index (χ4v) is 2.23. The molecule has 6 heteroatoms. The topological polar surface area (TPSA) is 69.9 Å². The molecule has 0 saturated heterocycles. The van der Waals surface area contributed by atoms with E-state index in [9.17, 15) is 4.79 Å². The second kappa shape index (κ2) is 6.53. The Morgan fingerprint density at radius 1 is 1.32 bits per heavy atom. The first-order valence-corrected chi connectivity index (χ1v) is 7.00. The number of carbonyl (C=O) groups is 1. The van der Waals surface area contributed by atoms with E-state index in [4.69, 9.17) is 18.6 Å². The maximum atomic E-state index is 12.2. The first-order valence-electron chi connectivity index (χ1n) is 7.00. The van der Waals surface area contributed by atoms with Crippen LogP contribution in [0.3, 0.4) is 0 Å². The minimum absolute atomic E-state index is 0.182. The van der Waals surface area contributed by atoms with Crippen molar-refractivity contribution >= 4 is 5.91 Å². The third kappa shape index (κ3) is 3.07. The molecule has 6 nitrogen and oxygen atoms in total. The quantitative estimate of drug-likeness (QED) is 0.914. The van der Waals surface area contributed by atoms with Crippen LogP contribution in [0.4, 0.5) is 0 Å². The third-order valence-electron chi connectivity index (χ3n) is 3.41. The number of carbonyl (C=O) groups excluding carboxylic acids is 1. The van der Waals surface area contributed by atoms with Gasteiger partial charge in [0, 0.05) is 7.11 Å². The highest BCUT2D eigenvalue weighted by Gasteiger charge is 2.28. The van der Waals surface area contributed by atoms with Gasteiger partial charge in [0.1, 0.15) is 18.5 Å². The predicted molar refractivity (Wildman–Crippen MR) is 77.8 cm³/mol. The smallest absolute Gasteiger partial charge is 0.264 e. The van der Waals surface area contributed by atoms with Crippen molar-refractivity contribution in [2.45, 2.75) is 12.2 Å². The summed E-state index contributed by atoms with van der Waals surface area (Å²) in [6, 6.07) is 10.8. The molecule has 1 aliphatic heterocycles. The van der Waals surface area contributed by atoms with Crippen LogP contribution >= 0.6 is 0 Å². The first-order chi connectivity index (χ1) is 10.8. The van der Waals surface area contributed by atoms with Gasteiger partial charge in [-0.15, -0.1) is 0 Å². The molecule has 0 spiro atoms. The van der Waals surface area contributed by atoms with Gasteiger partial charge in [-0.25, -0.2) is 0 Å². The van der Waals surface area contributed by atoms with Gasteiger partial charge in [-0.2, -0.15) is 0 Å². The normalized spacial score (nSPS) is 17.8. The van der Waals surface area contributed by atoms with Crippen molar-refractivity contribution in [1.29, 1.82) is 0 Å². The summed E-state index contributed by atoms with van der Waals surface area (Å²) in [5.74, 6) is 1.64. The number of hydrogen-bond acceptors (Lipinski definition) is 5. The Bertz CT molecular complexity index is 625. The Balaban J connectivity index is 1.57. The zero-order valence-corrected chi connectivity index (χ0v) is 12.2. The summed E-state index contributed by atoms with van der Waals surface area (Å²) in [5.41, 5.74) is 0. The Morgan fingerprint density at radius 2 is 2.14 bits per heavy atom. The number of methoxy groups -OCH3 is 1. The largest absolute Gasteiger partial charge is 0.485 e. The van der Waals surface area contributed by atoms with Crippen molar-refractivity contribution in [3.63, 3.8) is 0 Å². The molecule has 0 aliphatic carbocycles.